The maximum Gasteiger partial charge on any atom is 0.00442 e. The summed E-state index contributed by atoms with van der Waals surface area (Å²) in [5.74, 6) is 0. The van der Waals surface area contributed by atoms with Crippen LogP contribution in [0.2, 0.25) is 0 Å². The van der Waals surface area contributed by atoms with Crippen LogP contribution in [0.5, 0.6) is 0 Å². The zero-order valence-electron chi connectivity index (χ0n) is 17.3. The maximum atomic E-state index is 3.27. The monoisotopic (exact) mass is 357 g/mol. The molecule has 0 heterocycles. The van der Waals surface area contributed by atoms with Gasteiger partial charge in [0.25, 0.3) is 0 Å². The SMILES string of the molecule is CCc1ccc(-c2cc(C)c(CC)c(/C(=C\NC)C3=CC=CC3)c2)cc1C. The van der Waals surface area contributed by atoms with Gasteiger partial charge in [-0.15, -0.1) is 0 Å². The van der Waals surface area contributed by atoms with Crippen molar-refractivity contribution < 1.29 is 0 Å². The Balaban J connectivity index is 2.16. The zero-order chi connectivity index (χ0) is 19.4. The van der Waals surface area contributed by atoms with Gasteiger partial charge in [-0.2, -0.15) is 0 Å². The molecule has 1 aliphatic carbocycles. The van der Waals surface area contributed by atoms with Crippen LogP contribution in [0.4, 0.5) is 0 Å². The highest BCUT2D eigenvalue weighted by molar-refractivity contribution is 5.85. The van der Waals surface area contributed by atoms with Gasteiger partial charge in [0.15, 0.2) is 0 Å². The molecule has 2 aromatic rings. The van der Waals surface area contributed by atoms with E-state index in [4.69, 9.17) is 0 Å². The van der Waals surface area contributed by atoms with Crippen LogP contribution < -0.4 is 5.32 Å². The number of hydrogen-bond donors (Lipinski definition) is 1. The average Bonchev–Trinajstić information content (AvgIpc) is 3.19. The lowest BCUT2D eigenvalue weighted by Crippen LogP contribution is -2.03. The molecule has 0 bridgehead atoms. The van der Waals surface area contributed by atoms with E-state index in [9.17, 15) is 0 Å². The fraction of sp³-hybridized carbons (Fsp3) is 0.308. The first-order valence-corrected chi connectivity index (χ1v) is 10.1. The molecule has 1 heteroatoms. The zero-order valence-corrected chi connectivity index (χ0v) is 17.3. The summed E-state index contributed by atoms with van der Waals surface area (Å²) < 4.78 is 0. The molecule has 0 aromatic heterocycles. The lowest BCUT2D eigenvalue weighted by Gasteiger charge is -2.19. The van der Waals surface area contributed by atoms with Gasteiger partial charge >= 0.3 is 0 Å². The van der Waals surface area contributed by atoms with Gasteiger partial charge in [0.05, 0.1) is 0 Å². The Hall–Kier alpha value is -2.54. The quantitative estimate of drug-likeness (QED) is 0.619. The van der Waals surface area contributed by atoms with Crippen LogP contribution in [0.25, 0.3) is 16.7 Å². The summed E-state index contributed by atoms with van der Waals surface area (Å²) in [5.41, 5.74) is 12.3. The molecule has 140 valence electrons. The number of allylic oxidation sites excluding steroid dienone is 5. The Morgan fingerprint density at radius 3 is 2.37 bits per heavy atom. The topological polar surface area (TPSA) is 12.0 Å². The number of aryl methyl sites for hydroxylation is 3. The molecule has 0 fully saturated rings. The van der Waals surface area contributed by atoms with Crippen molar-refractivity contribution in [2.75, 3.05) is 7.05 Å². The third-order valence-corrected chi connectivity index (χ3v) is 5.58. The molecular formula is C26H31N. The van der Waals surface area contributed by atoms with E-state index in [2.05, 4.69) is 87.8 Å². The van der Waals surface area contributed by atoms with Crippen molar-refractivity contribution in [2.45, 2.75) is 47.0 Å². The van der Waals surface area contributed by atoms with Crippen molar-refractivity contribution >= 4 is 5.57 Å². The fourth-order valence-electron chi connectivity index (χ4n) is 4.10. The summed E-state index contributed by atoms with van der Waals surface area (Å²) in [7, 11) is 1.98. The van der Waals surface area contributed by atoms with Crippen molar-refractivity contribution in [3.63, 3.8) is 0 Å². The highest BCUT2D eigenvalue weighted by Crippen LogP contribution is 2.35. The molecule has 0 atom stereocenters. The Bertz CT molecular complexity index is 925. The summed E-state index contributed by atoms with van der Waals surface area (Å²) in [6.07, 6.45) is 11.9. The second-order valence-corrected chi connectivity index (χ2v) is 7.34. The van der Waals surface area contributed by atoms with Gasteiger partial charge in [-0.05, 0) is 83.7 Å². The van der Waals surface area contributed by atoms with E-state index in [1.54, 1.807) is 0 Å². The Kier molecular flexibility index (Phi) is 6.01. The molecule has 1 aliphatic rings. The van der Waals surface area contributed by atoms with Gasteiger partial charge in [0, 0.05) is 18.8 Å². The highest BCUT2D eigenvalue weighted by atomic mass is 14.8. The molecule has 0 amide bonds. The van der Waals surface area contributed by atoms with E-state index in [-0.39, 0.29) is 0 Å². The van der Waals surface area contributed by atoms with E-state index in [0.717, 1.165) is 19.3 Å². The van der Waals surface area contributed by atoms with Crippen LogP contribution in [0, 0.1) is 13.8 Å². The molecule has 0 radical (unpaired) electrons. The molecule has 1 nitrogen and oxygen atoms in total. The summed E-state index contributed by atoms with van der Waals surface area (Å²) in [4.78, 5) is 0. The molecule has 0 spiro atoms. The summed E-state index contributed by atoms with van der Waals surface area (Å²) >= 11 is 0. The minimum atomic E-state index is 1.00. The van der Waals surface area contributed by atoms with E-state index < -0.39 is 0 Å². The third kappa shape index (κ3) is 3.93. The second-order valence-electron chi connectivity index (χ2n) is 7.34. The van der Waals surface area contributed by atoms with Crippen LogP contribution >= 0.6 is 0 Å². The number of benzene rings is 2. The predicted molar refractivity (Wildman–Crippen MR) is 119 cm³/mol. The Morgan fingerprint density at radius 1 is 1.00 bits per heavy atom. The highest BCUT2D eigenvalue weighted by Gasteiger charge is 2.16. The van der Waals surface area contributed by atoms with Crippen LogP contribution in [0.3, 0.4) is 0 Å². The lowest BCUT2D eigenvalue weighted by molar-refractivity contribution is 1.08. The van der Waals surface area contributed by atoms with Gasteiger partial charge in [0.1, 0.15) is 0 Å². The standard InChI is InChI=1S/C26H31N/c1-6-20-12-13-22(14-18(20)3)23-15-19(4)24(7-2)25(16-23)26(17-27-5)21-10-8-9-11-21/h8-10,12-17,27H,6-7,11H2,1-5H3/b26-17-. The van der Waals surface area contributed by atoms with Crippen molar-refractivity contribution in [3.05, 3.63) is 88.2 Å². The van der Waals surface area contributed by atoms with Crippen LogP contribution in [-0.4, -0.2) is 7.05 Å². The van der Waals surface area contributed by atoms with Gasteiger partial charge < -0.3 is 5.32 Å². The smallest absolute Gasteiger partial charge is 0.00442 e. The van der Waals surface area contributed by atoms with Crippen LogP contribution in [-0.2, 0) is 12.8 Å². The average molecular weight is 358 g/mol. The van der Waals surface area contributed by atoms with Crippen molar-refractivity contribution in [3.8, 4) is 11.1 Å². The fourth-order valence-corrected chi connectivity index (χ4v) is 4.10. The van der Waals surface area contributed by atoms with E-state index in [1.807, 2.05) is 7.05 Å². The van der Waals surface area contributed by atoms with Gasteiger partial charge in [-0.25, -0.2) is 0 Å². The first-order chi connectivity index (χ1) is 13.1. The van der Waals surface area contributed by atoms with E-state index >= 15 is 0 Å². The van der Waals surface area contributed by atoms with Crippen LogP contribution in [0.1, 0.15) is 48.1 Å². The molecule has 27 heavy (non-hydrogen) atoms. The molecule has 0 saturated carbocycles. The molecule has 0 saturated heterocycles. The van der Waals surface area contributed by atoms with Crippen LogP contribution in [0.15, 0.2) is 60.3 Å². The normalized spacial score (nSPS) is 13.8. The van der Waals surface area contributed by atoms with Crippen molar-refractivity contribution in [1.29, 1.82) is 0 Å². The molecule has 0 unspecified atom stereocenters. The third-order valence-electron chi connectivity index (χ3n) is 5.58. The first-order valence-electron chi connectivity index (χ1n) is 10.1. The Labute approximate surface area is 164 Å². The number of nitrogens with one attached hydrogen (secondary N) is 1. The summed E-state index contributed by atoms with van der Waals surface area (Å²) in [6.45, 7) is 8.94. The van der Waals surface area contributed by atoms with Gasteiger partial charge in [-0.3, -0.25) is 0 Å². The molecule has 0 aliphatic heterocycles. The molecule has 1 N–H and O–H groups in total. The summed E-state index contributed by atoms with van der Waals surface area (Å²) in [5, 5.41) is 3.27. The Morgan fingerprint density at radius 2 is 1.78 bits per heavy atom. The lowest BCUT2D eigenvalue weighted by atomic mass is 9.86. The number of hydrogen-bond acceptors (Lipinski definition) is 1. The van der Waals surface area contributed by atoms with Crippen molar-refractivity contribution in [2.24, 2.45) is 0 Å². The van der Waals surface area contributed by atoms with E-state index in [0.29, 0.717) is 0 Å². The first kappa shape index (κ1) is 19.2. The van der Waals surface area contributed by atoms with E-state index in [1.165, 1.54) is 50.1 Å². The van der Waals surface area contributed by atoms with Gasteiger partial charge in [0.2, 0.25) is 0 Å². The molecule has 2 aromatic carbocycles. The molecular weight excluding hydrogens is 326 g/mol. The summed E-state index contributed by atoms with van der Waals surface area (Å²) in [6, 6.07) is 11.6. The second kappa shape index (κ2) is 8.43. The minimum absolute atomic E-state index is 1.00. The minimum Gasteiger partial charge on any atom is -0.393 e. The van der Waals surface area contributed by atoms with Crippen molar-refractivity contribution in [1.82, 2.24) is 5.32 Å². The predicted octanol–water partition coefficient (Wildman–Crippen LogP) is 6.54. The van der Waals surface area contributed by atoms with Gasteiger partial charge in [-0.1, -0.05) is 56.3 Å². The maximum absolute atomic E-state index is 3.27. The molecule has 3 rings (SSSR count). The number of rotatable bonds is 6. The largest absolute Gasteiger partial charge is 0.393 e.